The van der Waals surface area contributed by atoms with Crippen LogP contribution in [0.25, 0.3) is 6.08 Å². The lowest BCUT2D eigenvalue weighted by Gasteiger charge is -2.02. The quantitative estimate of drug-likeness (QED) is 0.765. The molecule has 0 spiro atoms. The lowest BCUT2D eigenvalue weighted by molar-refractivity contribution is -0.109. The first-order valence-corrected chi connectivity index (χ1v) is 6.94. The van der Waals surface area contributed by atoms with Crippen molar-refractivity contribution in [2.24, 2.45) is 0 Å². The summed E-state index contributed by atoms with van der Waals surface area (Å²) in [5.41, 5.74) is 2.47. The van der Waals surface area contributed by atoms with Crippen molar-refractivity contribution in [2.75, 3.05) is 5.75 Å². The molecule has 0 atom stereocenters. The van der Waals surface area contributed by atoms with Crippen LogP contribution in [0.5, 0.6) is 0 Å². The van der Waals surface area contributed by atoms with Gasteiger partial charge in [0.05, 0.1) is 0 Å². The van der Waals surface area contributed by atoms with Crippen molar-refractivity contribution in [1.29, 1.82) is 0 Å². The number of carbonyl (C=O) groups excluding carboxylic acids is 1. The molecular weight excluding hydrogens is 284 g/mol. The largest absolute Gasteiger partial charge is 0.288 e. The van der Waals surface area contributed by atoms with Crippen molar-refractivity contribution in [3.05, 3.63) is 39.9 Å². The van der Waals surface area contributed by atoms with E-state index in [1.165, 1.54) is 22.9 Å². The molecule has 3 heteroatoms. The van der Waals surface area contributed by atoms with Crippen molar-refractivity contribution in [3.63, 3.8) is 0 Å². The second-order valence-corrected chi connectivity index (χ2v) is 5.61. The zero-order valence-corrected chi connectivity index (χ0v) is 11.9. The molecule has 0 saturated carbocycles. The lowest BCUT2D eigenvalue weighted by atomic mass is 10.1. The predicted molar refractivity (Wildman–Crippen MR) is 75.7 cm³/mol. The minimum atomic E-state index is 0.187. The first-order valence-electron chi connectivity index (χ1n) is 5.16. The van der Waals surface area contributed by atoms with Gasteiger partial charge in [-0.05, 0) is 30.5 Å². The van der Waals surface area contributed by atoms with Crippen LogP contribution >= 0.6 is 27.7 Å². The summed E-state index contributed by atoms with van der Waals surface area (Å²) in [7, 11) is 0. The molecule has 0 radical (unpaired) electrons. The van der Waals surface area contributed by atoms with Crippen molar-refractivity contribution >= 4 is 38.9 Å². The monoisotopic (exact) mass is 298 g/mol. The van der Waals surface area contributed by atoms with Crippen LogP contribution in [-0.4, -0.2) is 10.9 Å². The van der Waals surface area contributed by atoms with Gasteiger partial charge >= 0.3 is 0 Å². The van der Waals surface area contributed by atoms with Crippen LogP contribution in [0.1, 0.15) is 24.5 Å². The summed E-state index contributed by atoms with van der Waals surface area (Å²) < 4.78 is 1.13. The Kier molecular flexibility index (Phi) is 5.85. The Balaban J connectivity index is 2.50. The summed E-state index contributed by atoms with van der Waals surface area (Å²) in [6, 6.07) is 6.16. The van der Waals surface area contributed by atoms with E-state index in [-0.39, 0.29) is 5.12 Å². The fraction of sp³-hybridized carbons (Fsp3) is 0.308. The third kappa shape index (κ3) is 4.54. The minimum Gasteiger partial charge on any atom is -0.288 e. The van der Waals surface area contributed by atoms with E-state index >= 15 is 0 Å². The highest BCUT2D eigenvalue weighted by molar-refractivity contribution is 9.10. The van der Waals surface area contributed by atoms with E-state index in [9.17, 15) is 4.79 Å². The zero-order chi connectivity index (χ0) is 12.0. The SMILES string of the molecule is CC(=O)SCCC=Cc1cccc(Br)c1C. The first-order chi connectivity index (χ1) is 7.61. The average molecular weight is 299 g/mol. The molecular formula is C13H15BrOS. The highest BCUT2D eigenvalue weighted by atomic mass is 79.9. The Morgan fingerprint density at radius 3 is 2.94 bits per heavy atom. The van der Waals surface area contributed by atoms with Crippen molar-refractivity contribution < 1.29 is 4.79 Å². The number of hydrogen-bond acceptors (Lipinski definition) is 2. The Hall–Kier alpha value is -0.540. The number of benzene rings is 1. The Morgan fingerprint density at radius 1 is 1.50 bits per heavy atom. The molecule has 0 aliphatic carbocycles. The van der Waals surface area contributed by atoms with Gasteiger partial charge in [-0.3, -0.25) is 4.79 Å². The van der Waals surface area contributed by atoms with Gasteiger partial charge in [0.2, 0.25) is 0 Å². The topological polar surface area (TPSA) is 17.1 Å². The van der Waals surface area contributed by atoms with E-state index < -0.39 is 0 Å². The van der Waals surface area contributed by atoms with E-state index in [1.807, 2.05) is 12.1 Å². The van der Waals surface area contributed by atoms with Gasteiger partial charge in [0.1, 0.15) is 0 Å². The van der Waals surface area contributed by atoms with Gasteiger partial charge < -0.3 is 0 Å². The molecule has 16 heavy (non-hydrogen) atoms. The molecule has 0 N–H and O–H groups in total. The molecule has 1 aromatic carbocycles. The number of thioether (sulfide) groups is 1. The van der Waals surface area contributed by atoms with Gasteiger partial charge in [-0.25, -0.2) is 0 Å². The lowest BCUT2D eigenvalue weighted by Crippen LogP contribution is -1.84. The Labute approximate surface area is 109 Å². The third-order valence-corrected chi connectivity index (χ3v) is 3.90. The predicted octanol–water partition coefficient (Wildman–Crippen LogP) is 4.44. The van der Waals surface area contributed by atoms with Gasteiger partial charge in [0.15, 0.2) is 5.12 Å². The first kappa shape index (κ1) is 13.5. The van der Waals surface area contributed by atoms with Crippen LogP contribution in [0.15, 0.2) is 28.7 Å². The normalized spacial score (nSPS) is 10.9. The van der Waals surface area contributed by atoms with Gasteiger partial charge in [0, 0.05) is 17.1 Å². The molecule has 0 saturated heterocycles. The summed E-state index contributed by atoms with van der Waals surface area (Å²) in [6.45, 7) is 3.70. The number of halogens is 1. The second kappa shape index (κ2) is 6.92. The van der Waals surface area contributed by atoms with Crippen LogP contribution in [0.4, 0.5) is 0 Å². The molecule has 0 aliphatic rings. The van der Waals surface area contributed by atoms with Gasteiger partial charge in [-0.2, -0.15) is 0 Å². The number of carbonyl (C=O) groups is 1. The number of hydrogen-bond donors (Lipinski definition) is 0. The maximum absolute atomic E-state index is 10.7. The van der Waals surface area contributed by atoms with Crippen LogP contribution in [0.2, 0.25) is 0 Å². The van der Waals surface area contributed by atoms with Gasteiger partial charge in [-0.1, -0.05) is 52.0 Å². The summed E-state index contributed by atoms with van der Waals surface area (Å²) in [5, 5.41) is 0.187. The minimum absolute atomic E-state index is 0.187. The molecule has 1 nitrogen and oxygen atoms in total. The van der Waals surface area contributed by atoms with Crippen LogP contribution in [-0.2, 0) is 4.79 Å². The van der Waals surface area contributed by atoms with Crippen molar-refractivity contribution in [2.45, 2.75) is 20.3 Å². The van der Waals surface area contributed by atoms with E-state index in [1.54, 1.807) is 6.92 Å². The summed E-state index contributed by atoms with van der Waals surface area (Å²) in [5.74, 6) is 0.860. The molecule has 86 valence electrons. The van der Waals surface area contributed by atoms with Crippen molar-refractivity contribution in [3.8, 4) is 0 Å². The Morgan fingerprint density at radius 2 is 2.25 bits per heavy atom. The second-order valence-electron chi connectivity index (χ2n) is 3.49. The third-order valence-electron chi connectivity index (χ3n) is 2.20. The maximum atomic E-state index is 10.7. The van der Waals surface area contributed by atoms with E-state index in [0.717, 1.165) is 16.6 Å². The van der Waals surface area contributed by atoms with Crippen LogP contribution < -0.4 is 0 Å². The molecule has 1 aromatic rings. The fourth-order valence-corrected chi connectivity index (χ4v) is 2.21. The molecule has 0 amide bonds. The number of rotatable bonds is 4. The van der Waals surface area contributed by atoms with E-state index in [0.29, 0.717) is 0 Å². The maximum Gasteiger partial charge on any atom is 0.185 e. The average Bonchev–Trinajstić information content (AvgIpc) is 2.23. The highest BCUT2D eigenvalue weighted by Gasteiger charge is 1.97. The molecule has 0 heterocycles. The molecule has 0 aromatic heterocycles. The van der Waals surface area contributed by atoms with E-state index in [4.69, 9.17) is 0 Å². The van der Waals surface area contributed by atoms with Crippen LogP contribution in [0.3, 0.4) is 0 Å². The standard InChI is InChI=1S/C13H15BrOS/c1-10-12(7-5-8-13(10)14)6-3-4-9-16-11(2)15/h3,5-8H,4,9H2,1-2H3. The Bertz CT molecular complexity index is 399. The summed E-state index contributed by atoms with van der Waals surface area (Å²) >= 11 is 4.88. The smallest absolute Gasteiger partial charge is 0.185 e. The highest BCUT2D eigenvalue weighted by Crippen LogP contribution is 2.20. The molecule has 0 fully saturated rings. The van der Waals surface area contributed by atoms with Gasteiger partial charge in [0.25, 0.3) is 0 Å². The summed E-state index contributed by atoms with van der Waals surface area (Å²) in [6.07, 6.45) is 5.15. The fourth-order valence-electron chi connectivity index (χ4n) is 1.29. The molecule has 0 unspecified atom stereocenters. The zero-order valence-electron chi connectivity index (χ0n) is 9.50. The van der Waals surface area contributed by atoms with Gasteiger partial charge in [-0.15, -0.1) is 0 Å². The summed E-state index contributed by atoms with van der Waals surface area (Å²) in [4.78, 5) is 10.7. The molecule has 0 aliphatic heterocycles. The number of allylic oxidation sites excluding steroid dienone is 1. The van der Waals surface area contributed by atoms with E-state index in [2.05, 4.69) is 41.1 Å². The van der Waals surface area contributed by atoms with Crippen molar-refractivity contribution in [1.82, 2.24) is 0 Å². The molecule has 1 rings (SSSR count). The van der Waals surface area contributed by atoms with Crippen LogP contribution in [0, 0.1) is 6.92 Å². The molecule has 0 bridgehead atoms.